The van der Waals surface area contributed by atoms with Gasteiger partial charge in [-0.1, -0.05) is 25.4 Å². The van der Waals surface area contributed by atoms with E-state index in [-0.39, 0.29) is 6.04 Å². The highest BCUT2D eigenvalue weighted by Gasteiger charge is 2.20. The molecule has 2 heterocycles. The average molecular weight is 252 g/mol. The summed E-state index contributed by atoms with van der Waals surface area (Å²) in [5.41, 5.74) is 6.15. The number of piperidine rings is 1. The van der Waals surface area contributed by atoms with Crippen molar-refractivity contribution in [3.05, 3.63) is 11.7 Å². The van der Waals surface area contributed by atoms with Gasteiger partial charge in [-0.05, 0) is 32.4 Å². The van der Waals surface area contributed by atoms with Crippen LogP contribution >= 0.6 is 0 Å². The first-order chi connectivity index (χ1) is 8.70. The van der Waals surface area contributed by atoms with Crippen LogP contribution < -0.4 is 5.73 Å². The van der Waals surface area contributed by atoms with Crippen molar-refractivity contribution >= 4 is 0 Å². The van der Waals surface area contributed by atoms with Crippen LogP contribution in [0, 0.1) is 0 Å². The summed E-state index contributed by atoms with van der Waals surface area (Å²) in [5, 5.41) is 4.01. The average Bonchev–Trinajstić information content (AvgIpc) is 2.88. The van der Waals surface area contributed by atoms with Gasteiger partial charge in [0.15, 0.2) is 5.82 Å². The SMILES string of the molecule is CCC(C)c1nc(C(N)CN2CCCCC2)no1. The van der Waals surface area contributed by atoms with Gasteiger partial charge in [-0.2, -0.15) is 4.98 Å². The summed E-state index contributed by atoms with van der Waals surface area (Å²) in [5.74, 6) is 1.67. The lowest BCUT2D eigenvalue weighted by Crippen LogP contribution is -2.36. The monoisotopic (exact) mass is 252 g/mol. The number of nitrogens with two attached hydrogens (primary N) is 1. The molecule has 0 aromatic carbocycles. The number of rotatable bonds is 5. The van der Waals surface area contributed by atoms with E-state index in [1.807, 2.05) is 0 Å². The quantitative estimate of drug-likeness (QED) is 0.868. The molecule has 5 nitrogen and oxygen atoms in total. The lowest BCUT2D eigenvalue weighted by molar-refractivity contribution is 0.213. The van der Waals surface area contributed by atoms with Crippen LogP contribution in [0.5, 0.6) is 0 Å². The zero-order valence-corrected chi connectivity index (χ0v) is 11.4. The van der Waals surface area contributed by atoms with Crippen LogP contribution in [0.3, 0.4) is 0 Å². The minimum Gasteiger partial charge on any atom is -0.339 e. The third-order valence-corrected chi connectivity index (χ3v) is 3.73. The van der Waals surface area contributed by atoms with Crippen molar-refractivity contribution in [3.8, 4) is 0 Å². The molecule has 1 aromatic heterocycles. The van der Waals surface area contributed by atoms with Crippen molar-refractivity contribution in [3.63, 3.8) is 0 Å². The van der Waals surface area contributed by atoms with Crippen molar-refractivity contribution in [1.82, 2.24) is 15.0 Å². The standard InChI is InChI=1S/C13H24N4O/c1-3-10(2)13-15-12(16-18-13)11(14)9-17-7-5-4-6-8-17/h10-11H,3-9,14H2,1-2H3. The highest BCUT2D eigenvalue weighted by atomic mass is 16.5. The Hall–Kier alpha value is -0.940. The van der Waals surface area contributed by atoms with E-state index in [4.69, 9.17) is 10.3 Å². The number of aromatic nitrogens is 2. The van der Waals surface area contributed by atoms with E-state index >= 15 is 0 Å². The summed E-state index contributed by atoms with van der Waals surface area (Å²) >= 11 is 0. The van der Waals surface area contributed by atoms with E-state index in [0.717, 1.165) is 26.1 Å². The van der Waals surface area contributed by atoms with Crippen LogP contribution in [0.15, 0.2) is 4.52 Å². The maximum Gasteiger partial charge on any atom is 0.229 e. The smallest absolute Gasteiger partial charge is 0.229 e. The fraction of sp³-hybridized carbons (Fsp3) is 0.846. The Morgan fingerprint density at radius 1 is 1.33 bits per heavy atom. The number of likely N-dealkylation sites (tertiary alicyclic amines) is 1. The van der Waals surface area contributed by atoms with E-state index < -0.39 is 0 Å². The van der Waals surface area contributed by atoms with Gasteiger partial charge in [-0.3, -0.25) is 0 Å². The third-order valence-electron chi connectivity index (χ3n) is 3.73. The Labute approximate surface area is 109 Å². The second-order valence-electron chi connectivity index (χ2n) is 5.27. The molecule has 5 heteroatoms. The molecule has 1 aromatic rings. The first kappa shape index (κ1) is 13.5. The fourth-order valence-corrected chi connectivity index (χ4v) is 2.27. The molecule has 2 unspecified atom stereocenters. The summed E-state index contributed by atoms with van der Waals surface area (Å²) in [4.78, 5) is 6.81. The Balaban J connectivity index is 1.91. The Morgan fingerprint density at radius 3 is 2.72 bits per heavy atom. The Bertz CT molecular complexity index is 360. The van der Waals surface area contributed by atoms with E-state index in [2.05, 4.69) is 28.9 Å². The lowest BCUT2D eigenvalue weighted by Gasteiger charge is -2.27. The minimum atomic E-state index is -0.135. The zero-order valence-electron chi connectivity index (χ0n) is 11.4. The van der Waals surface area contributed by atoms with Crippen LogP contribution in [0.2, 0.25) is 0 Å². The second kappa shape index (κ2) is 6.29. The summed E-state index contributed by atoms with van der Waals surface area (Å²) in [6.07, 6.45) is 4.89. The van der Waals surface area contributed by atoms with E-state index in [1.165, 1.54) is 19.3 Å². The largest absolute Gasteiger partial charge is 0.339 e. The predicted octanol–water partition coefficient (Wildman–Crippen LogP) is 2.07. The van der Waals surface area contributed by atoms with Gasteiger partial charge in [-0.25, -0.2) is 0 Å². The maximum absolute atomic E-state index is 6.15. The van der Waals surface area contributed by atoms with Gasteiger partial charge in [0.2, 0.25) is 5.89 Å². The number of hydrogen-bond donors (Lipinski definition) is 1. The van der Waals surface area contributed by atoms with Gasteiger partial charge in [0.05, 0.1) is 6.04 Å². The Morgan fingerprint density at radius 2 is 2.06 bits per heavy atom. The molecule has 1 saturated heterocycles. The molecule has 0 amide bonds. The third kappa shape index (κ3) is 3.29. The molecule has 1 aliphatic rings. The first-order valence-corrected chi connectivity index (χ1v) is 7.02. The van der Waals surface area contributed by atoms with Gasteiger partial charge in [0.25, 0.3) is 0 Å². The van der Waals surface area contributed by atoms with Gasteiger partial charge in [-0.15, -0.1) is 0 Å². The van der Waals surface area contributed by atoms with Crippen LogP contribution in [0.4, 0.5) is 0 Å². The molecule has 18 heavy (non-hydrogen) atoms. The predicted molar refractivity (Wildman–Crippen MR) is 70.2 cm³/mol. The highest BCUT2D eigenvalue weighted by Crippen LogP contribution is 2.19. The fourth-order valence-electron chi connectivity index (χ4n) is 2.27. The molecule has 0 aliphatic carbocycles. The molecule has 0 radical (unpaired) electrons. The van der Waals surface area contributed by atoms with Crippen LogP contribution in [-0.2, 0) is 0 Å². The molecule has 1 fully saturated rings. The lowest BCUT2D eigenvalue weighted by atomic mass is 10.1. The summed E-state index contributed by atoms with van der Waals surface area (Å²) in [6, 6.07) is -0.135. The molecule has 2 atom stereocenters. The molecule has 2 N–H and O–H groups in total. The molecule has 0 bridgehead atoms. The molecule has 0 saturated carbocycles. The Kier molecular flexibility index (Phi) is 4.72. The van der Waals surface area contributed by atoms with Crippen molar-refractivity contribution in [2.45, 2.75) is 51.5 Å². The second-order valence-corrected chi connectivity index (χ2v) is 5.27. The zero-order chi connectivity index (χ0) is 13.0. The molecule has 102 valence electrons. The first-order valence-electron chi connectivity index (χ1n) is 7.02. The van der Waals surface area contributed by atoms with Crippen molar-refractivity contribution < 1.29 is 4.52 Å². The molecule has 1 aliphatic heterocycles. The van der Waals surface area contributed by atoms with Gasteiger partial charge >= 0.3 is 0 Å². The van der Waals surface area contributed by atoms with Crippen LogP contribution in [0.25, 0.3) is 0 Å². The normalized spacial score (nSPS) is 20.8. The summed E-state index contributed by atoms with van der Waals surface area (Å²) in [7, 11) is 0. The van der Waals surface area contributed by atoms with Crippen molar-refractivity contribution in [2.75, 3.05) is 19.6 Å². The van der Waals surface area contributed by atoms with Crippen molar-refractivity contribution in [2.24, 2.45) is 5.73 Å². The maximum atomic E-state index is 6.15. The van der Waals surface area contributed by atoms with E-state index in [0.29, 0.717) is 17.6 Å². The molecule has 0 spiro atoms. The van der Waals surface area contributed by atoms with Gasteiger partial charge in [0.1, 0.15) is 0 Å². The van der Waals surface area contributed by atoms with E-state index in [1.54, 1.807) is 0 Å². The van der Waals surface area contributed by atoms with Crippen LogP contribution in [-0.4, -0.2) is 34.7 Å². The molecular formula is C13H24N4O. The highest BCUT2D eigenvalue weighted by molar-refractivity contribution is 4.97. The molecular weight excluding hydrogens is 228 g/mol. The van der Waals surface area contributed by atoms with Crippen LogP contribution in [0.1, 0.15) is 63.2 Å². The van der Waals surface area contributed by atoms with Gasteiger partial charge < -0.3 is 15.2 Å². The van der Waals surface area contributed by atoms with Gasteiger partial charge in [0, 0.05) is 12.5 Å². The summed E-state index contributed by atoms with van der Waals surface area (Å²) < 4.78 is 5.27. The van der Waals surface area contributed by atoms with E-state index in [9.17, 15) is 0 Å². The summed E-state index contributed by atoms with van der Waals surface area (Å²) in [6.45, 7) is 7.32. The number of nitrogens with zero attached hydrogens (tertiary/aromatic N) is 3. The topological polar surface area (TPSA) is 68.2 Å². The minimum absolute atomic E-state index is 0.135. The molecule has 2 rings (SSSR count). The van der Waals surface area contributed by atoms with Crippen molar-refractivity contribution in [1.29, 1.82) is 0 Å². The number of hydrogen-bond acceptors (Lipinski definition) is 5.